The zero-order valence-electron chi connectivity index (χ0n) is 8.73. The van der Waals surface area contributed by atoms with E-state index in [-0.39, 0.29) is 12.1 Å². The largest absolute Gasteiger partial charge is 0.481 e. The molecule has 0 spiro atoms. The van der Waals surface area contributed by atoms with Crippen LogP contribution in [0.2, 0.25) is 0 Å². The highest BCUT2D eigenvalue weighted by Gasteiger charge is 2.32. The molecule has 1 saturated carbocycles. The third-order valence-corrected chi connectivity index (χ3v) is 2.64. The molecular formula is C10H10F2N2O3. The van der Waals surface area contributed by atoms with Crippen LogP contribution in [0.1, 0.15) is 12.8 Å². The topological polar surface area (TPSA) is 78.4 Å². The van der Waals surface area contributed by atoms with E-state index in [4.69, 9.17) is 10.5 Å². The average Bonchev–Trinajstić information content (AvgIpc) is 2.22. The summed E-state index contributed by atoms with van der Waals surface area (Å²) in [6.07, 6.45) is 0.570. The fraction of sp³-hybridized carbons (Fsp3) is 0.400. The first kappa shape index (κ1) is 11.7. The van der Waals surface area contributed by atoms with Crippen LogP contribution >= 0.6 is 0 Å². The lowest BCUT2D eigenvalue weighted by Gasteiger charge is -2.32. The van der Waals surface area contributed by atoms with Crippen molar-refractivity contribution in [3.05, 3.63) is 33.9 Å². The van der Waals surface area contributed by atoms with Crippen LogP contribution in [-0.4, -0.2) is 17.1 Å². The molecule has 0 heterocycles. The summed E-state index contributed by atoms with van der Waals surface area (Å²) in [5.41, 5.74) is 4.93. The van der Waals surface area contributed by atoms with E-state index in [0.717, 1.165) is 6.07 Å². The first-order valence-electron chi connectivity index (χ1n) is 5.03. The molecule has 17 heavy (non-hydrogen) atoms. The second-order valence-corrected chi connectivity index (χ2v) is 3.94. The maximum absolute atomic E-state index is 13.4. The van der Waals surface area contributed by atoms with E-state index in [1.54, 1.807) is 0 Å². The van der Waals surface area contributed by atoms with E-state index in [1.807, 2.05) is 0 Å². The van der Waals surface area contributed by atoms with Gasteiger partial charge in [0.2, 0.25) is 11.6 Å². The molecule has 1 aliphatic rings. The van der Waals surface area contributed by atoms with E-state index in [1.165, 1.54) is 0 Å². The van der Waals surface area contributed by atoms with Crippen molar-refractivity contribution in [1.82, 2.24) is 0 Å². The van der Waals surface area contributed by atoms with Crippen LogP contribution in [-0.2, 0) is 0 Å². The van der Waals surface area contributed by atoms with Gasteiger partial charge in [-0.3, -0.25) is 10.1 Å². The summed E-state index contributed by atoms with van der Waals surface area (Å²) < 4.78 is 31.5. The van der Waals surface area contributed by atoms with Crippen molar-refractivity contribution in [3.8, 4) is 5.75 Å². The molecular weight excluding hydrogens is 234 g/mol. The fourth-order valence-corrected chi connectivity index (χ4v) is 1.65. The van der Waals surface area contributed by atoms with Crippen LogP contribution in [0, 0.1) is 21.7 Å². The molecule has 1 aliphatic carbocycles. The molecule has 92 valence electrons. The van der Waals surface area contributed by atoms with Gasteiger partial charge in [-0.15, -0.1) is 0 Å². The molecule has 0 radical (unpaired) electrons. The molecule has 0 aromatic heterocycles. The Morgan fingerprint density at radius 2 is 2.06 bits per heavy atom. The van der Waals surface area contributed by atoms with E-state index >= 15 is 0 Å². The van der Waals surface area contributed by atoms with E-state index < -0.39 is 28.0 Å². The van der Waals surface area contributed by atoms with Gasteiger partial charge in [-0.05, 0) is 18.9 Å². The van der Waals surface area contributed by atoms with Crippen molar-refractivity contribution < 1.29 is 18.4 Å². The standard InChI is InChI=1S/C10H10F2N2O3/c11-7-1-2-8(14(15)16)10(9(7)12)17-6-3-5(13)4-6/h1-2,5-6H,3-4,13H2. The molecule has 7 heteroatoms. The minimum atomic E-state index is -1.33. The van der Waals surface area contributed by atoms with Gasteiger partial charge in [-0.2, -0.15) is 4.39 Å². The lowest BCUT2D eigenvalue weighted by atomic mass is 9.90. The molecule has 1 fully saturated rings. The summed E-state index contributed by atoms with van der Waals surface area (Å²) in [5, 5.41) is 10.6. The van der Waals surface area contributed by atoms with Crippen molar-refractivity contribution in [2.45, 2.75) is 25.0 Å². The van der Waals surface area contributed by atoms with Gasteiger partial charge >= 0.3 is 5.69 Å². The summed E-state index contributed by atoms with van der Waals surface area (Å²) in [6.45, 7) is 0. The maximum atomic E-state index is 13.4. The van der Waals surface area contributed by atoms with Gasteiger partial charge in [0.05, 0.1) is 4.92 Å². The lowest BCUT2D eigenvalue weighted by Crippen LogP contribution is -2.43. The number of hydrogen-bond acceptors (Lipinski definition) is 4. The van der Waals surface area contributed by atoms with Gasteiger partial charge in [0, 0.05) is 12.1 Å². The van der Waals surface area contributed by atoms with E-state index in [9.17, 15) is 18.9 Å². The van der Waals surface area contributed by atoms with Crippen molar-refractivity contribution in [1.29, 1.82) is 0 Å². The molecule has 0 saturated heterocycles. The third kappa shape index (κ3) is 2.19. The van der Waals surface area contributed by atoms with Crippen LogP contribution in [0.4, 0.5) is 14.5 Å². The average molecular weight is 244 g/mol. The molecule has 0 aliphatic heterocycles. The van der Waals surface area contributed by atoms with Gasteiger partial charge in [0.1, 0.15) is 6.10 Å². The molecule has 0 bridgehead atoms. The molecule has 1 aromatic carbocycles. The minimum Gasteiger partial charge on any atom is -0.481 e. The molecule has 0 atom stereocenters. The first-order chi connectivity index (χ1) is 7.99. The second-order valence-electron chi connectivity index (χ2n) is 3.94. The number of rotatable bonds is 3. The zero-order valence-corrected chi connectivity index (χ0v) is 8.73. The summed E-state index contributed by atoms with van der Waals surface area (Å²) in [6, 6.07) is 1.54. The van der Waals surface area contributed by atoms with Gasteiger partial charge in [-0.1, -0.05) is 0 Å². The highest BCUT2D eigenvalue weighted by atomic mass is 19.2. The highest BCUT2D eigenvalue weighted by molar-refractivity contribution is 5.47. The Kier molecular flexibility index (Phi) is 2.93. The SMILES string of the molecule is NC1CC(Oc2c([N+](=O)[O-])ccc(F)c2F)C1. The molecule has 0 unspecified atom stereocenters. The van der Waals surface area contributed by atoms with Crippen LogP contribution in [0.25, 0.3) is 0 Å². The van der Waals surface area contributed by atoms with Crippen molar-refractivity contribution >= 4 is 5.69 Å². The van der Waals surface area contributed by atoms with Crippen LogP contribution in [0.5, 0.6) is 5.75 Å². The Morgan fingerprint density at radius 1 is 1.41 bits per heavy atom. The van der Waals surface area contributed by atoms with Crippen LogP contribution in [0.15, 0.2) is 12.1 Å². The number of benzene rings is 1. The van der Waals surface area contributed by atoms with Gasteiger partial charge in [0.25, 0.3) is 0 Å². The number of nitro benzene ring substituents is 1. The highest BCUT2D eigenvalue weighted by Crippen LogP contribution is 2.35. The molecule has 0 amide bonds. The zero-order chi connectivity index (χ0) is 12.6. The molecule has 5 nitrogen and oxygen atoms in total. The third-order valence-electron chi connectivity index (χ3n) is 2.64. The van der Waals surface area contributed by atoms with Crippen molar-refractivity contribution in [2.75, 3.05) is 0 Å². The smallest absolute Gasteiger partial charge is 0.314 e. The van der Waals surface area contributed by atoms with Gasteiger partial charge in [-0.25, -0.2) is 4.39 Å². The fourth-order valence-electron chi connectivity index (χ4n) is 1.65. The van der Waals surface area contributed by atoms with E-state index in [2.05, 4.69) is 0 Å². The molecule has 1 aromatic rings. The quantitative estimate of drug-likeness (QED) is 0.648. The summed E-state index contributed by atoms with van der Waals surface area (Å²) in [7, 11) is 0. The van der Waals surface area contributed by atoms with Gasteiger partial charge in [0.15, 0.2) is 5.82 Å². The normalized spacial score (nSPS) is 23.0. The number of nitrogens with two attached hydrogens (primary N) is 1. The Morgan fingerprint density at radius 3 is 2.59 bits per heavy atom. The maximum Gasteiger partial charge on any atom is 0.314 e. The monoisotopic (exact) mass is 244 g/mol. The number of nitro groups is 1. The van der Waals surface area contributed by atoms with Crippen LogP contribution in [0.3, 0.4) is 0 Å². The molecule has 2 N–H and O–H groups in total. The van der Waals surface area contributed by atoms with E-state index in [0.29, 0.717) is 18.9 Å². The van der Waals surface area contributed by atoms with Crippen LogP contribution < -0.4 is 10.5 Å². The molecule has 2 rings (SSSR count). The van der Waals surface area contributed by atoms with Gasteiger partial charge < -0.3 is 10.5 Å². The summed E-state index contributed by atoms with van der Waals surface area (Å²) >= 11 is 0. The minimum absolute atomic E-state index is 0.0457. The Labute approximate surface area is 95.3 Å². The number of nitrogens with zero attached hydrogens (tertiary/aromatic N) is 1. The predicted molar refractivity (Wildman–Crippen MR) is 54.6 cm³/mol. The Balaban J connectivity index is 2.29. The number of ether oxygens (including phenoxy) is 1. The first-order valence-corrected chi connectivity index (χ1v) is 5.03. The van der Waals surface area contributed by atoms with Crippen molar-refractivity contribution in [3.63, 3.8) is 0 Å². The second kappa shape index (κ2) is 4.25. The number of hydrogen-bond donors (Lipinski definition) is 1. The Hall–Kier alpha value is -1.76. The summed E-state index contributed by atoms with van der Waals surface area (Å²) in [4.78, 5) is 9.84. The predicted octanol–water partition coefficient (Wildman–Crippen LogP) is 1.74. The Bertz CT molecular complexity index is 461. The lowest BCUT2D eigenvalue weighted by molar-refractivity contribution is -0.386. The summed E-state index contributed by atoms with van der Waals surface area (Å²) in [5.74, 6) is -3.15. The van der Waals surface area contributed by atoms with Crippen molar-refractivity contribution in [2.24, 2.45) is 5.73 Å². The number of halogens is 2.